The summed E-state index contributed by atoms with van der Waals surface area (Å²) >= 11 is 0. The second kappa shape index (κ2) is 4.94. The maximum absolute atomic E-state index is 12.0. The maximum atomic E-state index is 12.0. The van der Waals surface area contributed by atoms with Gasteiger partial charge in [0, 0.05) is 25.6 Å². The van der Waals surface area contributed by atoms with Crippen LogP contribution in [0.15, 0.2) is 0 Å². The topological polar surface area (TPSA) is 80.5 Å². The fraction of sp³-hybridized carbons (Fsp3) is 0.909. The molecule has 2 aliphatic rings. The Morgan fingerprint density at radius 3 is 2.71 bits per heavy atom. The van der Waals surface area contributed by atoms with E-state index in [1.807, 2.05) is 0 Å². The van der Waals surface area contributed by atoms with Crippen molar-refractivity contribution in [2.24, 2.45) is 11.7 Å². The Labute approximate surface area is 102 Å². The fourth-order valence-electron chi connectivity index (χ4n) is 2.65. The average molecular weight is 260 g/mol. The monoisotopic (exact) mass is 260 g/mol. The van der Waals surface area contributed by atoms with Crippen molar-refractivity contribution in [1.82, 2.24) is 4.90 Å². The van der Waals surface area contributed by atoms with E-state index in [2.05, 4.69) is 0 Å². The van der Waals surface area contributed by atoms with Gasteiger partial charge in [0.05, 0.1) is 11.5 Å². The first-order valence-corrected chi connectivity index (χ1v) is 8.02. The molecule has 17 heavy (non-hydrogen) atoms. The molecule has 0 spiro atoms. The van der Waals surface area contributed by atoms with Gasteiger partial charge in [-0.25, -0.2) is 8.42 Å². The fourth-order valence-corrected chi connectivity index (χ4v) is 4.51. The van der Waals surface area contributed by atoms with Gasteiger partial charge in [0.25, 0.3) is 0 Å². The first-order chi connectivity index (χ1) is 7.96. The van der Waals surface area contributed by atoms with Crippen LogP contribution < -0.4 is 5.73 Å². The molecule has 0 aromatic heterocycles. The quantitative estimate of drug-likeness (QED) is 0.743. The second-order valence-electron chi connectivity index (χ2n) is 5.22. The minimum Gasteiger partial charge on any atom is -0.341 e. The number of hydrogen-bond donors (Lipinski definition) is 1. The zero-order valence-corrected chi connectivity index (χ0v) is 10.8. The maximum Gasteiger partial charge on any atom is 0.222 e. The molecule has 2 aliphatic heterocycles. The van der Waals surface area contributed by atoms with Crippen LogP contribution in [0.2, 0.25) is 0 Å². The molecule has 2 heterocycles. The highest BCUT2D eigenvalue weighted by atomic mass is 32.2. The van der Waals surface area contributed by atoms with Crippen LogP contribution >= 0.6 is 0 Å². The highest BCUT2D eigenvalue weighted by molar-refractivity contribution is 7.91. The van der Waals surface area contributed by atoms with Crippen LogP contribution in [0.3, 0.4) is 0 Å². The normalized spacial score (nSPS) is 32.6. The first-order valence-electron chi connectivity index (χ1n) is 6.20. The molecular formula is C11H20N2O3S. The Hall–Kier alpha value is -0.620. The summed E-state index contributed by atoms with van der Waals surface area (Å²) in [4.78, 5) is 13.8. The van der Waals surface area contributed by atoms with Gasteiger partial charge in [-0.15, -0.1) is 0 Å². The van der Waals surface area contributed by atoms with Crippen molar-refractivity contribution in [3.63, 3.8) is 0 Å². The number of carbonyl (C=O) groups is 1. The van der Waals surface area contributed by atoms with Crippen LogP contribution in [0.25, 0.3) is 0 Å². The van der Waals surface area contributed by atoms with Gasteiger partial charge in [0.15, 0.2) is 9.84 Å². The molecule has 98 valence electrons. The summed E-state index contributed by atoms with van der Waals surface area (Å²) in [5.74, 6) is 0.510. The molecule has 2 N–H and O–H groups in total. The molecule has 2 rings (SSSR count). The molecule has 0 saturated carbocycles. The number of sulfone groups is 1. The SMILES string of the molecule is N[C@@H]1CCCN(C(=O)CC2CCS(=O)(=O)C2)C1. The van der Waals surface area contributed by atoms with Crippen molar-refractivity contribution in [2.45, 2.75) is 31.7 Å². The summed E-state index contributed by atoms with van der Waals surface area (Å²) in [6.07, 6.45) is 2.93. The lowest BCUT2D eigenvalue weighted by atomic mass is 10.0. The minimum absolute atomic E-state index is 0.0191. The van der Waals surface area contributed by atoms with Gasteiger partial charge < -0.3 is 10.6 Å². The summed E-state index contributed by atoms with van der Waals surface area (Å²) in [6.45, 7) is 1.39. The molecule has 0 bridgehead atoms. The van der Waals surface area contributed by atoms with E-state index in [-0.39, 0.29) is 29.4 Å². The summed E-state index contributed by atoms with van der Waals surface area (Å²) in [6, 6.07) is 0.0833. The third-order valence-electron chi connectivity index (χ3n) is 3.60. The Morgan fingerprint density at radius 2 is 2.12 bits per heavy atom. The Morgan fingerprint density at radius 1 is 1.35 bits per heavy atom. The zero-order valence-electron chi connectivity index (χ0n) is 9.97. The van der Waals surface area contributed by atoms with Gasteiger partial charge in [-0.2, -0.15) is 0 Å². The van der Waals surface area contributed by atoms with Crippen LogP contribution in [-0.4, -0.2) is 49.9 Å². The number of piperidine rings is 1. The van der Waals surface area contributed by atoms with Crippen LogP contribution in [0.5, 0.6) is 0 Å². The number of likely N-dealkylation sites (tertiary alicyclic amines) is 1. The summed E-state index contributed by atoms with van der Waals surface area (Å²) in [5.41, 5.74) is 5.82. The number of carbonyl (C=O) groups excluding carboxylic acids is 1. The van der Waals surface area contributed by atoms with Crippen molar-refractivity contribution >= 4 is 15.7 Å². The van der Waals surface area contributed by atoms with Crippen LogP contribution in [-0.2, 0) is 14.6 Å². The molecule has 0 aliphatic carbocycles. The molecule has 1 unspecified atom stereocenters. The number of nitrogens with two attached hydrogens (primary N) is 1. The van der Waals surface area contributed by atoms with E-state index in [0.29, 0.717) is 19.4 Å². The van der Waals surface area contributed by atoms with E-state index in [1.165, 1.54) is 0 Å². The zero-order chi connectivity index (χ0) is 12.5. The molecule has 2 saturated heterocycles. The molecule has 2 fully saturated rings. The van der Waals surface area contributed by atoms with Gasteiger partial charge in [0.1, 0.15) is 0 Å². The smallest absolute Gasteiger partial charge is 0.222 e. The third kappa shape index (κ3) is 3.42. The van der Waals surface area contributed by atoms with Crippen molar-refractivity contribution in [2.75, 3.05) is 24.6 Å². The second-order valence-corrected chi connectivity index (χ2v) is 7.44. The summed E-state index contributed by atoms with van der Waals surface area (Å²) in [5, 5.41) is 0. The summed E-state index contributed by atoms with van der Waals surface area (Å²) in [7, 11) is -2.88. The predicted octanol–water partition coefficient (Wildman–Crippen LogP) is -0.239. The van der Waals surface area contributed by atoms with Gasteiger partial charge in [0.2, 0.25) is 5.91 Å². The molecule has 1 amide bonds. The van der Waals surface area contributed by atoms with Crippen molar-refractivity contribution in [1.29, 1.82) is 0 Å². The minimum atomic E-state index is -2.88. The molecule has 0 aromatic rings. The number of amides is 1. The molecule has 0 aromatic carbocycles. The van der Waals surface area contributed by atoms with E-state index in [0.717, 1.165) is 19.4 Å². The summed E-state index contributed by atoms with van der Waals surface area (Å²) < 4.78 is 22.6. The van der Waals surface area contributed by atoms with E-state index in [1.54, 1.807) is 4.90 Å². The number of rotatable bonds is 2. The van der Waals surface area contributed by atoms with Crippen LogP contribution in [0, 0.1) is 5.92 Å². The van der Waals surface area contributed by atoms with Crippen LogP contribution in [0.1, 0.15) is 25.7 Å². The lowest BCUT2D eigenvalue weighted by Gasteiger charge is -2.31. The van der Waals surface area contributed by atoms with Crippen molar-refractivity contribution in [3.8, 4) is 0 Å². The predicted molar refractivity (Wildman–Crippen MR) is 65.2 cm³/mol. The van der Waals surface area contributed by atoms with Crippen LogP contribution in [0.4, 0.5) is 0 Å². The van der Waals surface area contributed by atoms with E-state index in [4.69, 9.17) is 5.73 Å². The number of nitrogens with zero attached hydrogens (tertiary/aromatic N) is 1. The Balaban J connectivity index is 1.85. The lowest BCUT2D eigenvalue weighted by molar-refractivity contribution is -0.133. The molecule has 5 nitrogen and oxygen atoms in total. The van der Waals surface area contributed by atoms with Crippen molar-refractivity contribution < 1.29 is 13.2 Å². The van der Waals surface area contributed by atoms with Gasteiger partial charge in [-0.05, 0) is 25.2 Å². The molecule has 2 atom stereocenters. The Kier molecular flexibility index (Phi) is 3.73. The average Bonchev–Trinajstić information content (AvgIpc) is 2.58. The highest BCUT2D eigenvalue weighted by Gasteiger charge is 2.31. The third-order valence-corrected chi connectivity index (χ3v) is 5.44. The lowest BCUT2D eigenvalue weighted by Crippen LogP contribution is -2.46. The van der Waals surface area contributed by atoms with E-state index >= 15 is 0 Å². The largest absolute Gasteiger partial charge is 0.341 e. The van der Waals surface area contributed by atoms with E-state index < -0.39 is 9.84 Å². The van der Waals surface area contributed by atoms with Gasteiger partial charge in [-0.1, -0.05) is 0 Å². The van der Waals surface area contributed by atoms with Crippen molar-refractivity contribution in [3.05, 3.63) is 0 Å². The molecular weight excluding hydrogens is 240 g/mol. The Bertz CT molecular complexity index is 394. The van der Waals surface area contributed by atoms with Gasteiger partial charge >= 0.3 is 0 Å². The van der Waals surface area contributed by atoms with Gasteiger partial charge in [-0.3, -0.25) is 4.79 Å². The molecule has 0 radical (unpaired) electrons. The van der Waals surface area contributed by atoms with E-state index in [9.17, 15) is 13.2 Å². The molecule has 6 heteroatoms. The highest BCUT2D eigenvalue weighted by Crippen LogP contribution is 2.23. The standard InChI is InChI=1S/C11H20N2O3S/c12-10-2-1-4-13(7-10)11(14)6-9-3-5-17(15,16)8-9/h9-10H,1-8,12H2/t9?,10-/m1/s1. The number of hydrogen-bond acceptors (Lipinski definition) is 4. The first kappa shape index (κ1) is 12.8.